The summed E-state index contributed by atoms with van der Waals surface area (Å²) >= 11 is 0. The molecule has 1 aliphatic heterocycles. The lowest BCUT2D eigenvalue weighted by molar-refractivity contribution is 0.0614. The van der Waals surface area contributed by atoms with E-state index in [1.165, 1.54) is 0 Å². The third-order valence-corrected chi connectivity index (χ3v) is 3.58. The molecule has 5 nitrogen and oxygen atoms in total. The van der Waals surface area contributed by atoms with E-state index in [0.717, 1.165) is 23.7 Å². The van der Waals surface area contributed by atoms with Gasteiger partial charge in [0, 0.05) is 12.7 Å². The first-order valence-corrected chi connectivity index (χ1v) is 6.91. The summed E-state index contributed by atoms with van der Waals surface area (Å²) in [6.07, 6.45) is 1.75. The number of likely N-dealkylation sites (N-methyl/N-ethyl adjacent to an activating group) is 1. The molecule has 106 valence electrons. The van der Waals surface area contributed by atoms with Crippen LogP contribution in [-0.4, -0.2) is 29.5 Å². The second-order valence-corrected chi connectivity index (χ2v) is 4.75. The van der Waals surface area contributed by atoms with Gasteiger partial charge in [0.05, 0.1) is 11.7 Å². The van der Waals surface area contributed by atoms with Crippen molar-refractivity contribution in [3.8, 4) is 11.5 Å². The highest BCUT2D eigenvalue weighted by Gasteiger charge is 2.30. The smallest absolute Gasteiger partial charge is 0.161 e. The van der Waals surface area contributed by atoms with Crippen molar-refractivity contribution in [3.05, 3.63) is 42.2 Å². The lowest BCUT2D eigenvalue weighted by atomic mass is 10.1. The second kappa shape index (κ2) is 5.54. The first-order chi connectivity index (χ1) is 9.83. The highest BCUT2D eigenvalue weighted by Crippen LogP contribution is 2.34. The average molecular weight is 273 g/mol. The lowest BCUT2D eigenvalue weighted by Gasteiger charge is -2.32. The van der Waals surface area contributed by atoms with Gasteiger partial charge in [-0.25, -0.2) is 0 Å². The number of aryl methyl sites for hydroxylation is 1. The number of benzene rings is 1. The maximum Gasteiger partial charge on any atom is 0.161 e. The number of nitrogens with one attached hydrogen (secondary N) is 1. The summed E-state index contributed by atoms with van der Waals surface area (Å²) in [5.41, 5.74) is 1.11. The topological polar surface area (TPSA) is 48.3 Å². The van der Waals surface area contributed by atoms with Crippen LogP contribution in [0.4, 0.5) is 0 Å². The normalized spacial score (nSPS) is 18.8. The molecule has 0 aliphatic carbocycles. The zero-order valence-corrected chi connectivity index (χ0v) is 11.7. The number of aromatic nitrogens is 2. The third-order valence-electron chi connectivity index (χ3n) is 3.58. The van der Waals surface area contributed by atoms with Crippen molar-refractivity contribution in [2.45, 2.75) is 25.6 Å². The summed E-state index contributed by atoms with van der Waals surface area (Å²) in [5, 5.41) is 7.64. The van der Waals surface area contributed by atoms with Crippen LogP contribution in [0.5, 0.6) is 11.5 Å². The zero-order chi connectivity index (χ0) is 13.9. The Hall–Kier alpha value is -2.01. The number of hydrogen-bond acceptors (Lipinski definition) is 4. The second-order valence-electron chi connectivity index (χ2n) is 4.75. The molecule has 20 heavy (non-hydrogen) atoms. The summed E-state index contributed by atoms with van der Waals surface area (Å²) in [4.78, 5) is 0. The summed E-state index contributed by atoms with van der Waals surface area (Å²) in [7, 11) is 1.93. The summed E-state index contributed by atoms with van der Waals surface area (Å²) < 4.78 is 13.9. The Bertz CT molecular complexity index is 582. The van der Waals surface area contributed by atoms with Crippen molar-refractivity contribution in [2.75, 3.05) is 13.7 Å². The van der Waals surface area contributed by atoms with E-state index in [1.807, 2.05) is 48.3 Å². The molecule has 0 saturated heterocycles. The highest BCUT2D eigenvalue weighted by molar-refractivity contribution is 5.41. The molecule has 2 aromatic rings. The fourth-order valence-electron chi connectivity index (χ4n) is 2.60. The van der Waals surface area contributed by atoms with Gasteiger partial charge in [0.2, 0.25) is 0 Å². The number of fused-ring (bicyclic) bond motifs is 1. The van der Waals surface area contributed by atoms with Crippen molar-refractivity contribution in [2.24, 2.45) is 0 Å². The Morgan fingerprint density at radius 2 is 2.15 bits per heavy atom. The van der Waals surface area contributed by atoms with E-state index in [1.54, 1.807) is 0 Å². The summed E-state index contributed by atoms with van der Waals surface area (Å²) in [5.74, 6) is 1.61. The average Bonchev–Trinajstić information content (AvgIpc) is 2.96. The SMILES string of the molecule is CCn1nccc1C(NC)C1COc2ccccc2O1. The molecule has 5 heteroatoms. The van der Waals surface area contributed by atoms with Gasteiger partial charge in [0.25, 0.3) is 0 Å². The molecule has 0 spiro atoms. The Morgan fingerprint density at radius 3 is 2.90 bits per heavy atom. The van der Waals surface area contributed by atoms with Gasteiger partial charge in [-0.2, -0.15) is 5.10 Å². The van der Waals surface area contributed by atoms with Gasteiger partial charge in [-0.15, -0.1) is 0 Å². The molecular formula is C15H19N3O2. The third kappa shape index (κ3) is 2.25. The molecule has 1 N–H and O–H groups in total. The highest BCUT2D eigenvalue weighted by atomic mass is 16.6. The van der Waals surface area contributed by atoms with Crippen molar-refractivity contribution < 1.29 is 9.47 Å². The maximum absolute atomic E-state index is 6.08. The first kappa shape index (κ1) is 13.0. The van der Waals surface area contributed by atoms with Gasteiger partial charge in [-0.05, 0) is 32.2 Å². The predicted molar refractivity (Wildman–Crippen MR) is 76.1 cm³/mol. The zero-order valence-electron chi connectivity index (χ0n) is 11.7. The number of rotatable bonds is 4. The molecular weight excluding hydrogens is 254 g/mol. The number of hydrogen-bond donors (Lipinski definition) is 1. The fraction of sp³-hybridized carbons (Fsp3) is 0.400. The van der Waals surface area contributed by atoms with Gasteiger partial charge in [-0.1, -0.05) is 12.1 Å². The van der Waals surface area contributed by atoms with E-state index in [0.29, 0.717) is 6.61 Å². The van der Waals surface area contributed by atoms with Crippen molar-refractivity contribution in [3.63, 3.8) is 0 Å². The van der Waals surface area contributed by atoms with Crippen LogP contribution < -0.4 is 14.8 Å². The van der Waals surface area contributed by atoms with Crippen LogP contribution in [0.3, 0.4) is 0 Å². The lowest BCUT2D eigenvalue weighted by Crippen LogP contribution is -2.41. The summed E-state index contributed by atoms with van der Waals surface area (Å²) in [6, 6.07) is 9.83. The molecule has 2 atom stereocenters. The molecule has 2 unspecified atom stereocenters. The van der Waals surface area contributed by atoms with Gasteiger partial charge in [0.15, 0.2) is 17.6 Å². The van der Waals surface area contributed by atoms with Crippen molar-refractivity contribution >= 4 is 0 Å². The molecule has 3 rings (SSSR count). The maximum atomic E-state index is 6.08. The van der Waals surface area contributed by atoms with E-state index in [9.17, 15) is 0 Å². The Labute approximate surface area is 118 Å². The van der Waals surface area contributed by atoms with E-state index in [4.69, 9.17) is 9.47 Å². The Kier molecular flexibility index (Phi) is 3.60. The van der Waals surface area contributed by atoms with Gasteiger partial charge < -0.3 is 14.8 Å². The van der Waals surface area contributed by atoms with Crippen LogP contribution in [0.1, 0.15) is 18.7 Å². The standard InChI is InChI=1S/C15H19N3O2/c1-3-18-11(8-9-17-18)15(16-2)14-10-19-12-6-4-5-7-13(12)20-14/h4-9,14-16H,3,10H2,1-2H3. The first-order valence-electron chi connectivity index (χ1n) is 6.91. The quantitative estimate of drug-likeness (QED) is 0.925. The predicted octanol–water partition coefficient (Wildman–Crippen LogP) is 2.00. The van der Waals surface area contributed by atoms with E-state index >= 15 is 0 Å². The van der Waals surface area contributed by atoms with E-state index in [-0.39, 0.29) is 12.1 Å². The molecule has 0 amide bonds. The number of nitrogens with zero attached hydrogens (tertiary/aromatic N) is 2. The number of ether oxygens (including phenoxy) is 2. The van der Waals surface area contributed by atoms with Crippen molar-refractivity contribution in [1.82, 2.24) is 15.1 Å². The minimum atomic E-state index is -0.0723. The van der Waals surface area contributed by atoms with E-state index < -0.39 is 0 Å². The van der Waals surface area contributed by atoms with E-state index in [2.05, 4.69) is 17.3 Å². The van der Waals surface area contributed by atoms with Gasteiger partial charge in [0.1, 0.15) is 6.61 Å². The molecule has 0 radical (unpaired) electrons. The van der Waals surface area contributed by atoms with Gasteiger partial charge in [-0.3, -0.25) is 4.68 Å². The largest absolute Gasteiger partial charge is 0.486 e. The molecule has 2 heterocycles. The molecule has 1 aliphatic rings. The van der Waals surface area contributed by atoms with Crippen LogP contribution in [0.2, 0.25) is 0 Å². The van der Waals surface area contributed by atoms with Crippen LogP contribution in [0.25, 0.3) is 0 Å². The van der Waals surface area contributed by atoms with Gasteiger partial charge >= 0.3 is 0 Å². The molecule has 1 aromatic heterocycles. The minimum absolute atomic E-state index is 0.0470. The molecule has 0 fully saturated rings. The van der Waals surface area contributed by atoms with Crippen LogP contribution in [0.15, 0.2) is 36.5 Å². The molecule has 1 aromatic carbocycles. The monoisotopic (exact) mass is 273 g/mol. The summed E-state index contributed by atoms with van der Waals surface area (Å²) in [6.45, 7) is 3.44. The van der Waals surface area contributed by atoms with Crippen molar-refractivity contribution in [1.29, 1.82) is 0 Å². The van der Waals surface area contributed by atoms with Crippen LogP contribution in [-0.2, 0) is 6.54 Å². The molecule has 0 bridgehead atoms. The van der Waals surface area contributed by atoms with Crippen LogP contribution >= 0.6 is 0 Å². The van der Waals surface area contributed by atoms with Crippen LogP contribution in [0, 0.1) is 0 Å². The number of para-hydroxylation sites is 2. The fourth-order valence-corrected chi connectivity index (χ4v) is 2.60. The Balaban J connectivity index is 1.85. The Morgan fingerprint density at radius 1 is 1.35 bits per heavy atom. The molecule has 0 saturated carbocycles. The minimum Gasteiger partial charge on any atom is -0.486 e.